The van der Waals surface area contributed by atoms with Crippen LogP contribution in [0.15, 0.2) is 59.1 Å². The fourth-order valence-electron chi connectivity index (χ4n) is 1.97. The van der Waals surface area contributed by atoms with Gasteiger partial charge >= 0.3 is 11.8 Å². The van der Waals surface area contributed by atoms with Crippen molar-refractivity contribution in [3.05, 3.63) is 64.6 Å². The fraction of sp³-hybridized carbons (Fsp3) is 0.176. The zero-order chi connectivity index (χ0) is 15.9. The van der Waals surface area contributed by atoms with Crippen molar-refractivity contribution in [2.75, 3.05) is 11.9 Å². The molecule has 0 unspecified atom stereocenters. The van der Waals surface area contributed by atoms with Crippen LogP contribution >= 0.6 is 15.9 Å². The topological polar surface area (TPSA) is 58.2 Å². The van der Waals surface area contributed by atoms with Crippen molar-refractivity contribution in [3.63, 3.8) is 0 Å². The third-order valence-electron chi connectivity index (χ3n) is 3.27. The molecule has 1 atom stereocenters. The highest BCUT2D eigenvalue weighted by atomic mass is 79.9. The summed E-state index contributed by atoms with van der Waals surface area (Å²) in [6.45, 7) is 2.41. The zero-order valence-electron chi connectivity index (χ0n) is 12.2. The summed E-state index contributed by atoms with van der Waals surface area (Å²) in [5.74, 6) is -1.17. The number of rotatable bonds is 4. The second kappa shape index (κ2) is 7.75. The van der Waals surface area contributed by atoms with Gasteiger partial charge in [-0.1, -0.05) is 49.4 Å². The number of para-hydroxylation sites is 1. The third kappa shape index (κ3) is 4.43. The van der Waals surface area contributed by atoms with Gasteiger partial charge in [0.15, 0.2) is 0 Å². The molecule has 0 aliphatic heterocycles. The Bertz CT molecular complexity index is 659. The molecule has 0 aliphatic carbocycles. The Kier molecular flexibility index (Phi) is 5.72. The lowest BCUT2D eigenvalue weighted by Crippen LogP contribution is -2.37. The Hall–Kier alpha value is -2.14. The highest BCUT2D eigenvalue weighted by Crippen LogP contribution is 2.21. The van der Waals surface area contributed by atoms with Crippen molar-refractivity contribution in [1.29, 1.82) is 0 Å². The van der Waals surface area contributed by atoms with Gasteiger partial charge in [0.1, 0.15) is 0 Å². The molecule has 2 amide bonds. The van der Waals surface area contributed by atoms with Gasteiger partial charge in [-0.25, -0.2) is 0 Å². The van der Waals surface area contributed by atoms with Gasteiger partial charge in [-0.05, 0) is 39.5 Å². The second-order valence-corrected chi connectivity index (χ2v) is 5.81. The van der Waals surface area contributed by atoms with Gasteiger partial charge in [0.25, 0.3) is 0 Å². The molecule has 2 N–H and O–H groups in total. The van der Waals surface area contributed by atoms with E-state index in [0.717, 1.165) is 10.0 Å². The van der Waals surface area contributed by atoms with Crippen LogP contribution in [0, 0.1) is 0 Å². The molecular weight excluding hydrogens is 344 g/mol. The molecular formula is C17H17BrN2O2. The summed E-state index contributed by atoms with van der Waals surface area (Å²) < 4.78 is 0.730. The molecule has 22 heavy (non-hydrogen) atoms. The average Bonchev–Trinajstić information content (AvgIpc) is 2.55. The largest absolute Gasteiger partial charge is 0.347 e. The SMILES string of the molecule is C[C@@H](CNC(=O)C(=O)Nc1ccccc1Br)c1ccccc1. The third-order valence-corrected chi connectivity index (χ3v) is 3.96. The quantitative estimate of drug-likeness (QED) is 0.821. The summed E-state index contributed by atoms with van der Waals surface area (Å²) in [6, 6.07) is 17.0. The van der Waals surface area contributed by atoms with Crippen molar-refractivity contribution in [3.8, 4) is 0 Å². The van der Waals surface area contributed by atoms with Gasteiger partial charge in [0.05, 0.1) is 5.69 Å². The Morgan fingerprint density at radius 3 is 2.32 bits per heavy atom. The molecule has 0 fully saturated rings. The van der Waals surface area contributed by atoms with Crippen LogP contribution in [0.4, 0.5) is 5.69 Å². The predicted molar refractivity (Wildman–Crippen MR) is 90.6 cm³/mol. The number of carbonyl (C=O) groups is 2. The average molecular weight is 361 g/mol. The minimum Gasteiger partial charge on any atom is -0.347 e. The van der Waals surface area contributed by atoms with Crippen molar-refractivity contribution >= 4 is 33.4 Å². The van der Waals surface area contributed by atoms with Crippen molar-refractivity contribution < 1.29 is 9.59 Å². The molecule has 0 saturated carbocycles. The first kappa shape index (κ1) is 16.2. The van der Waals surface area contributed by atoms with E-state index in [1.807, 2.05) is 43.3 Å². The molecule has 0 saturated heterocycles. The monoisotopic (exact) mass is 360 g/mol. The van der Waals surface area contributed by atoms with Crippen LogP contribution < -0.4 is 10.6 Å². The lowest BCUT2D eigenvalue weighted by molar-refractivity contribution is -0.136. The van der Waals surface area contributed by atoms with Gasteiger partial charge in [0.2, 0.25) is 0 Å². The standard InChI is InChI=1S/C17H17BrN2O2/c1-12(13-7-3-2-4-8-13)11-19-16(21)17(22)20-15-10-6-5-9-14(15)18/h2-10,12H,11H2,1H3,(H,19,21)(H,20,22)/t12-/m0/s1. The molecule has 0 radical (unpaired) electrons. The highest BCUT2D eigenvalue weighted by molar-refractivity contribution is 9.10. The van der Waals surface area contributed by atoms with E-state index < -0.39 is 11.8 Å². The maximum absolute atomic E-state index is 11.9. The molecule has 2 rings (SSSR count). The fourth-order valence-corrected chi connectivity index (χ4v) is 2.35. The summed E-state index contributed by atoms with van der Waals surface area (Å²) >= 11 is 3.32. The minimum absolute atomic E-state index is 0.140. The van der Waals surface area contributed by atoms with Gasteiger partial charge in [0, 0.05) is 11.0 Å². The van der Waals surface area contributed by atoms with E-state index in [4.69, 9.17) is 0 Å². The summed E-state index contributed by atoms with van der Waals surface area (Å²) in [7, 11) is 0. The van der Waals surface area contributed by atoms with Gasteiger partial charge in [-0.15, -0.1) is 0 Å². The molecule has 114 valence electrons. The lowest BCUT2D eigenvalue weighted by atomic mass is 10.0. The first-order valence-corrected chi connectivity index (χ1v) is 7.76. The van der Waals surface area contributed by atoms with Crippen molar-refractivity contribution in [1.82, 2.24) is 5.32 Å². The van der Waals surface area contributed by atoms with Crippen LogP contribution in [0.5, 0.6) is 0 Å². The van der Waals surface area contributed by atoms with E-state index >= 15 is 0 Å². The van der Waals surface area contributed by atoms with E-state index in [9.17, 15) is 9.59 Å². The number of hydrogen-bond donors (Lipinski definition) is 2. The smallest absolute Gasteiger partial charge is 0.313 e. The zero-order valence-corrected chi connectivity index (χ0v) is 13.8. The van der Waals surface area contributed by atoms with E-state index in [0.29, 0.717) is 12.2 Å². The van der Waals surface area contributed by atoms with Crippen LogP contribution in [0.3, 0.4) is 0 Å². The molecule has 4 nitrogen and oxygen atoms in total. The molecule has 0 heterocycles. The molecule has 0 spiro atoms. The van der Waals surface area contributed by atoms with E-state index in [1.165, 1.54) is 0 Å². The summed E-state index contributed by atoms with van der Waals surface area (Å²) in [5.41, 5.74) is 1.69. The Balaban J connectivity index is 1.87. The predicted octanol–water partition coefficient (Wildman–Crippen LogP) is 3.31. The number of benzene rings is 2. The van der Waals surface area contributed by atoms with Crippen LogP contribution in [-0.2, 0) is 9.59 Å². The van der Waals surface area contributed by atoms with E-state index in [2.05, 4.69) is 26.6 Å². The number of halogens is 1. The Morgan fingerprint density at radius 2 is 1.64 bits per heavy atom. The van der Waals surface area contributed by atoms with Crippen LogP contribution in [0.25, 0.3) is 0 Å². The normalized spacial score (nSPS) is 11.5. The molecule has 2 aromatic rings. The number of hydrogen-bond acceptors (Lipinski definition) is 2. The summed E-state index contributed by atoms with van der Waals surface area (Å²) in [4.78, 5) is 23.7. The second-order valence-electron chi connectivity index (χ2n) is 4.96. The van der Waals surface area contributed by atoms with Crippen molar-refractivity contribution in [2.24, 2.45) is 0 Å². The molecule has 5 heteroatoms. The van der Waals surface area contributed by atoms with Crippen LogP contribution in [0.1, 0.15) is 18.4 Å². The number of anilines is 1. The van der Waals surface area contributed by atoms with Crippen LogP contribution in [0.2, 0.25) is 0 Å². The first-order valence-electron chi connectivity index (χ1n) is 6.96. The maximum Gasteiger partial charge on any atom is 0.313 e. The Morgan fingerprint density at radius 1 is 1.00 bits per heavy atom. The lowest BCUT2D eigenvalue weighted by Gasteiger charge is -2.13. The molecule has 0 aromatic heterocycles. The first-order chi connectivity index (χ1) is 10.6. The summed E-state index contributed by atoms with van der Waals surface area (Å²) in [6.07, 6.45) is 0. The van der Waals surface area contributed by atoms with Crippen molar-refractivity contribution in [2.45, 2.75) is 12.8 Å². The number of nitrogens with one attached hydrogen (secondary N) is 2. The van der Waals surface area contributed by atoms with Crippen LogP contribution in [-0.4, -0.2) is 18.4 Å². The van der Waals surface area contributed by atoms with Gasteiger partial charge in [-0.3, -0.25) is 9.59 Å². The number of carbonyl (C=O) groups excluding carboxylic acids is 2. The minimum atomic E-state index is -0.674. The molecule has 0 bridgehead atoms. The van der Waals surface area contributed by atoms with E-state index in [1.54, 1.807) is 18.2 Å². The maximum atomic E-state index is 11.9. The highest BCUT2D eigenvalue weighted by Gasteiger charge is 2.15. The summed E-state index contributed by atoms with van der Waals surface area (Å²) in [5, 5.41) is 5.23. The Labute approximate surface area is 138 Å². The molecule has 2 aromatic carbocycles. The van der Waals surface area contributed by atoms with Gasteiger partial charge < -0.3 is 10.6 Å². The van der Waals surface area contributed by atoms with E-state index in [-0.39, 0.29) is 5.92 Å². The molecule has 0 aliphatic rings. The number of amides is 2. The van der Waals surface area contributed by atoms with Gasteiger partial charge in [-0.2, -0.15) is 0 Å².